The first-order valence-corrected chi connectivity index (χ1v) is 6.73. The molecule has 0 aliphatic rings. The zero-order valence-electron chi connectivity index (χ0n) is 11.1. The Morgan fingerprint density at radius 3 is 2.85 bits per heavy atom. The molecule has 1 heterocycles. The average molecular weight is 294 g/mol. The molecule has 5 nitrogen and oxygen atoms in total. The van der Waals surface area contributed by atoms with Gasteiger partial charge in [0.1, 0.15) is 0 Å². The minimum Gasteiger partial charge on any atom is -0.349 e. The van der Waals surface area contributed by atoms with Crippen LogP contribution in [0.2, 0.25) is 5.02 Å². The summed E-state index contributed by atoms with van der Waals surface area (Å²) >= 11 is 6.08. The largest absolute Gasteiger partial charge is 0.349 e. The summed E-state index contributed by atoms with van der Waals surface area (Å²) in [5.74, 6) is 0. The van der Waals surface area contributed by atoms with Crippen LogP contribution in [-0.4, -0.2) is 9.49 Å². The predicted molar refractivity (Wildman–Crippen MR) is 78.9 cm³/mol. The first-order valence-electron chi connectivity index (χ1n) is 6.36. The van der Waals surface area contributed by atoms with Gasteiger partial charge in [-0.3, -0.25) is 10.1 Å². The standard InChI is InChI=1S/C14H16ClN3O2/c1-2-13(16)10-6-7-17(8-10)9-11-12(15)4-3-5-14(11)18(19)20/h3-8,13H,2,9,16H2,1H3. The van der Waals surface area contributed by atoms with Gasteiger partial charge in [-0.05, 0) is 24.1 Å². The molecule has 1 unspecified atom stereocenters. The van der Waals surface area contributed by atoms with E-state index in [9.17, 15) is 10.1 Å². The third-order valence-corrected chi connectivity index (χ3v) is 3.63. The SMILES string of the molecule is CCC(N)c1ccn(Cc2c(Cl)cccc2[N+](=O)[O-])c1. The Morgan fingerprint density at radius 1 is 1.45 bits per heavy atom. The van der Waals surface area contributed by atoms with Crippen LogP contribution in [0.15, 0.2) is 36.7 Å². The minimum absolute atomic E-state index is 0.0162. The van der Waals surface area contributed by atoms with Gasteiger partial charge < -0.3 is 10.3 Å². The van der Waals surface area contributed by atoms with Gasteiger partial charge in [-0.25, -0.2) is 0 Å². The lowest BCUT2D eigenvalue weighted by atomic mass is 10.1. The highest BCUT2D eigenvalue weighted by Gasteiger charge is 2.17. The zero-order chi connectivity index (χ0) is 14.7. The van der Waals surface area contributed by atoms with Gasteiger partial charge in [-0.15, -0.1) is 0 Å². The van der Waals surface area contributed by atoms with Crippen molar-refractivity contribution in [2.24, 2.45) is 5.73 Å². The van der Waals surface area contributed by atoms with Crippen LogP contribution < -0.4 is 5.73 Å². The maximum Gasteiger partial charge on any atom is 0.275 e. The molecule has 0 aliphatic carbocycles. The second-order valence-corrected chi connectivity index (χ2v) is 5.03. The lowest BCUT2D eigenvalue weighted by Crippen LogP contribution is -2.08. The van der Waals surface area contributed by atoms with Gasteiger partial charge in [0.2, 0.25) is 0 Å². The van der Waals surface area contributed by atoms with E-state index in [0.717, 1.165) is 12.0 Å². The monoisotopic (exact) mass is 293 g/mol. The number of nitro benzene ring substituents is 1. The van der Waals surface area contributed by atoms with Crippen molar-refractivity contribution in [2.75, 3.05) is 0 Å². The number of halogens is 1. The van der Waals surface area contributed by atoms with Crippen molar-refractivity contribution in [1.29, 1.82) is 0 Å². The van der Waals surface area contributed by atoms with E-state index in [-0.39, 0.29) is 11.7 Å². The van der Waals surface area contributed by atoms with E-state index in [0.29, 0.717) is 17.1 Å². The van der Waals surface area contributed by atoms with E-state index in [4.69, 9.17) is 17.3 Å². The van der Waals surface area contributed by atoms with E-state index in [2.05, 4.69) is 0 Å². The number of hydrogen-bond donors (Lipinski definition) is 1. The molecule has 1 atom stereocenters. The first-order chi connectivity index (χ1) is 9.52. The molecule has 0 saturated carbocycles. The van der Waals surface area contributed by atoms with Gasteiger partial charge in [0.05, 0.1) is 22.1 Å². The number of aromatic nitrogens is 1. The topological polar surface area (TPSA) is 74.1 Å². The smallest absolute Gasteiger partial charge is 0.275 e. The molecule has 2 rings (SSSR count). The van der Waals surface area contributed by atoms with Gasteiger partial charge in [0.15, 0.2) is 0 Å². The average Bonchev–Trinajstić information content (AvgIpc) is 2.88. The molecule has 0 fully saturated rings. The van der Waals surface area contributed by atoms with E-state index in [1.54, 1.807) is 12.1 Å². The predicted octanol–water partition coefficient (Wildman–Crippen LogP) is 3.51. The molecule has 0 spiro atoms. The Balaban J connectivity index is 2.30. The molecule has 2 N–H and O–H groups in total. The van der Waals surface area contributed by atoms with Crippen LogP contribution in [0.5, 0.6) is 0 Å². The molecule has 6 heteroatoms. The molecule has 1 aromatic heterocycles. The summed E-state index contributed by atoms with van der Waals surface area (Å²) in [6.45, 7) is 2.37. The Bertz CT molecular complexity index is 625. The summed E-state index contributed by atoms with van der Waals surface area (Å²) in [6.07, 6.45) is 4.61. The van der Waals surface area contributed by atoms with Crippen molar-refractivity contribution >= 4 is 17.3 Å². The van der Waals surface area contributed by atoms with Crippen molar-refractivity contribution in [1.82, 2.24) is 4.57 Å². The molecule has 2 aromatic rings. The van der Waals surface area contributed by atoms with Crippen molar-refractivity contribution in [3.05, 3.63) is 62.9 Å². The van der Waals surface area contributed by atoms with Crippen LogP contribution in [0.25, 0.3) is 0 Å². The minimum atomic E-state index is -0.413. The van der Waals surface area contributed by atoms with Crippen LogP contribution in [0.3, 0.4) is 0 Å². The highest BCUT2D eigenvalue weighted by Crippen LogP contribution is 2.27. The lowest BCUT2D eigenvalue weighted by molar-refractivity contribution is -0.385. The second kappa shape index (κ2) is 6.07. The summed E-state index contributed by atoms with van der Waals surface area (Å²) in [6, 6.07) is 6.61. The number of nitrogens with two attached hydrogens (primary N) is 1. The second-order valence-electron chi connectivity index (χ2n) is 4.63. The third kappa shape index (κ3) is 3.00. The summed E-state index contributed by atoms with van der Waals surface area (Å²) < 4.78 is 1.86. The number of nitrogens with zero attached hydrogens (tertiary/aromatic N) is 2. The summed E-state index contributed by atoms with van der Waals surface area (Å²) in [5.41, 5.74) is 7.52. The van der Waals surface area contributed by atoms with Gasteiger partial charge in [-0.1, -0.05) is 24.6 Å². The molecule has 0 amide bonds. The maximum atomic E-state index is 11.0. The van der Waals surface area contributed by atoms with Crippen molar-refractivity contribution in [3.8, 4) is 0 Å². The third-order valence-electron chi connectivity index (χ3n) is 3.27. The molecule has 0 bridgehead atoms. The zero-order valence-corrected chi connectivity index (χ0v) is 11.9. The number of benzene rings is 1. The molecular weight excluding hydrogens is 278 g/mol. The van der Waals surface area contributed by atoms with Gasteiger partial charge in [0.25, 0.3) is 5.69 Å². The van der Waals surface area contributed by atoms with Crippen molar-refractivity contribution in [3.63, 3.8) is 0 Å². The van der Waals surface area contributed by atoms with E-state index in [1.807, 2.05) is 30.0 Å². The lowest BCUT2D eigenvalue weighted by Gasteiger charge is -2.08. The normalized spacial score (nSPS) is 12.3. The number of rotatable bonds is 5. The highest BCUT2D eigenvalue weighted by atomic mass is 35.5. The van der Waals surface area contributed by atoms with E-state index >= 15 is 0 Å². The van der Waals surface area contributed by atoms with Crippen molar-refractivity contribution < 1.29 is 4.92 Å². The van der Waals surface area contributed by atoms with Crippen LogP contribution >= 0.6 is 11.6 Å². The molecule has 0 aliphatic heterocycles. The first kappa shape index (κ1) is 14.6. The Kier molecular flexibility index (Phi) is 4.42. The maximum absolute atomic E-state index is 11.0. The van der Waals surface area contributed by atoms with Crippen LogP contribution in [0.1, 0.15) is 30.5 Å². The Labute approximate surface area is 122 Å². The fourth-order valence-corrected chi connectivity index (χ4v) is 2.30. The highest BCUT2D eigenvalue weighted by molar-refractivity contribution is 6.31. The van der Waals surface area contributed by atoms with Gasteiger partial charge in [0, 0.05) is 24.5 Å². The number of nitro groups is 1. The van der Waals surface area contributed by atoms with Crippen LogP contribution in [-0.2, 0) is 6.54 Å². The summed E-state index contributed by atoms with van der Waals surface area (Å²) in [5, 5.41) is 11.4. The van der Waals surface area contributed by atoms with Crippen LogP contribution in [0, 0.1) is 10.1 Å². The molecule has 20 heavy (non-hydrogen) atoms. The van der Waals surface area contributed by atoms with E-state index in [1.165, 1.54) is 6.07 Å². The Morgan fingerprint density at radius 2 is 2.20 bits per heavy atom. The molecule has 0 radical (unpaired) electrons. The summed E-state index contributed by atoms with van der Waals surface area (Å²) in [7, 11) is 0. The molecular formula is C14H16ClN3O2. The Hall–Kier alpha value is -1.85. The van der Waals surface area contributed by atoms with E-state index < -0.39 is 4.92 Å². The van der Waals surface area contributed by atoms with Gasteiger partial charge in [-0.2, -0.15) is 0 Å². The molecule has 1 aromatic carbocycles. The molecule has 0 saturated heterocycles. The fraction of sp³-hybridized carbons (Fsp3) is 0.286. The number of hydrogen-bond acceptors (Lipinski definition) is 3. The fourth-order valence-electron chi connectivity index (χ4n) is 2.07. The van der Waals surface area contributed by atoms with Gasteiger partial charge >= 0.3 is 0 Å². The quantitative estimate of drug-likeness (QED) is 0.677. The van der Waals surface area contributed by atoms with Crippen molar-refractivity contribution in [2.45, 2.75) is 25.9 Å². The molecule has 106 valence electrons. The van der Waals surface area contributed by atoms with Crippen LogP contribution in [0.4, 0.5) is 5.69 Å². The summed E-state index contributed by atoms with van der Waals surface area (Å²) in [4.78, 5) is 10.6.